The molecule has 4 nitrogen and oxygen atoms in total. The van der Waals surface area contributed by atoms with Gasteiger partial charge in [0.25, 0.3) is 0 Å². The average Bonchev–Trinajstić information content (AvgIpc) is 2.89. The molecule has 2 N–H and O–H groups in total. The third-order valence-electron chi connectivity index (χ3n) is 7.70. The SMILES string of the molecule is O=C(/C=C/c1cccc2ccccc12)N1CCC(CNCCCCNCC2CCCCC2)CC1. The van der Waals surface area contributed by atoms with Gasteiger partial charge in [0.15, 0.2) is 0 Å². The molecule has 2 fully saturated rings. The van der Waals surface area contributed by atoms with Crippen molar-refractivity contribution < 1.29 is 4.79 Å². The van der Waals surface area contributed by atoms with Crippen LogP contribution in [-0.4, -0.2) is 50.1 Å². The summed E-state index contributed by atoms with van der Waals surface area (Å²) in [5, 5.41) is 9.73. The van der Waals surface area contributed by atoms with E-state index < -0.39 is 0 Å². The Morgan fingerprint density at radius 2 is 1.47 bits per heavy atom. The third kappa shape index (κ3) is 7.68. The largest absolute Gasteiger partial charge is 0.339 e. The molecule has 2 aromatic carbocycles. The molecular formula is C30H43N3O. The van der Waals surface area contributed by atoms with Gasteiger partial charge in [-0.1, -0.05) is 61.7 Å². The summed E-state index contributed by atoms with van der Waals surface area (Å²) in [6.45, 7) is 6.32. The lowest BCUT2D eigenvalue weighted by Gasteiger charge is -2.31. The first-order valence-corrected chi connectivity index (χ1v) is 13.7. The summed E-state index contributed by atoms with van der Waals surface area (Å²) in [6, 6.07) is 14.6. The number of likely N-dealkylation sites (tertiary alicyclic amines) is 1. The second-order valence-electron chi connectivity index (χ2n) is 10.3. The van der Waals surface area contributed by atoms with Crippen LogP contribution in [0, 0.1) is 11.8 Å². The highest BCUT2D eigenvalue weighted by atomic mass is 16.2. The lowest BCUT2D eigenvalue weighted by Crippen LogP contribution is -2.40. The molecule has 0 spiro atoms. The van der Waals surface area contributed by atoms with E-state index in [0.29, 0.717) is 5.92 Å². The minimum absolute atomic E-state index is 0.139. The van der Waals surface area contributed by atoms with Crippen molar-refractivity contribution in [1.29, 1.82) is 0 Å². The second-order valence-corrected chi connectivity index (χ2v) is 10.3. The molecule has 0 bridgehead atoms. The zero-order valence-electron chi connectivity index (χ0n) is 20.8. The van der Waals surface area contributed by atoms with E-state index in [9.17, 15) is 4.79 Å². The highest BCUT2D eigenvalue weighted by molar-refractivity contribution is 5.96. The number of fused-ring (bicyclic) bond motifs is 1. The third-order valence-corrected chi connectivity index (χ3v) is 7.70. The first kappa shape index (κ1) is 24.9. The molecule has 1 saturated carbocycles. The molecule has 0 radical (unpaired) electrons. The van der Waals surface area contributed by atoms with Gasteiger partial charge in [0.2, 0.25) is 5.91 Å². The maximum absolute atomic E-state index is 12.7. The molecule has 1 aliphatic carbocycles. The lowest BCUT2D eigenvalue weighted by atomic mass is 9.89. The Hall–Kier alpha value is -2.17. The minimum Gasteiger partial charge on any atom is -0.339 e. The predicted molar refractivity (Wildman–Crippen MR) is 144 cm³/mol. The number of hydrogen-bond acceptors (Lipinski definition) is 3. The van der Waals surface area contributed by atoms with Crippen LogP contribution in [0.15, 0.2) is 48.5 Å². The van der Waals surface area contributed by atoms with Crippen LogP contribution < -0.4 is 10.6 Å². The zero-order chi connectivity index (χ0) is 23.4. The number of nitrogens with zero attached hydrogens (tertiary/aromatic N) is 1. The molecule has 2 aromatic rings. The Bertz CT molecular complexity index is 905. The Balaban J connectivity index is 1.07. The van der Waals surface area contributed by atoms with Crippen molar-refractivity contribution in [2.45, 2.75) is 57.8 Å². The van der Waals surface area contributed by atoms with E-state index in [-0.39, 0.29) is 5.91 Å². The monoisotopic (exact) mass is 461 g/mol. The van der Waals surface area contributed by atoms with Crippen LogP contribution >= 0.6 is 0 Å². The van der Waals surface area contributed by atoms with E-state index in [2.05, 4.69) is 53.1 Å². The van der Waals surface area contributed by atoms with Crippen molar-refractivity contribution in [2.24, 2.45) is 11.8 Å². The number of hydrogen-bond donors (Lipinski definition) is 2. The predicted octanol–water partition coefficient (Wildman–Crippen LogP) is 5.63. The van der Waals surface area contributed by atoms with Crippen LogP contribution in [0.2, 0.25) is 0 Å². The summed E-state index contributed by atoms with van der Waals surface area (Å²) in [4.78, 5) is 14.7. The maximum atomic E-state index is 12.7. The lowest BCUT2D eigenvalue weighted by molar-refractivity contribution is -0.127. The number of rotatable bonds is 11. The van der Waals surface area contributed by atoms with Crippen molar-refractivity contribution in [3.8, 4) is 0 Å². The Kier molecular flexibility index (Phi) is 10.0. The van der Waals surface area contributed by atoms with E-state index in [1.165, 1.54) is 62.3 Å². The molecular weight excluding hydrogens is 418 g/mol. The van der Waals surface area contributed by atoms with Crippen molar-refractivity contribution in [2.75, 3.05) is 39.3 Å². The van der Waals surface area contributed by atoms with Crippen LogP contribution in [0.5, 0.6) is 0 Å². The first-order valence-electron chi connectivity index (χ1n) is 13.7. The first-order chi connectivity index (χ1) is 16.8. The number of amides is 1. The molecule has 1 amide bonds. The highest BCUT2D eigenvalue weighted by Crippen LogP contribution is 2.23. The van der Waals surface area contributed by atoms with Crippen molar-refractivity contribution in [1.82, 2.24) is 15.5 Å². The smallest absolute Gasteiger partial charge is 0.246 e. The van der Waals surface area contributed by atoms with Crippen LogP contribution in [0.4, 0.5) is 0 Å². The van der Waals surface area contributed by atoms with Crippen LogP contribution in [0.25, 0.3) is 16.8 Å². The number of piperidine rings is 1. The molecule has 0 aromatic heterocycles. The molecule has 184 valence electrons. The fourth-order valence-corrected chi connectivity index (χ4v) is 5.52. The van der Waals surface area contributed by atoms with Gasteiger partial charge in [-0.05, 0) is 99.0 Å². The number of unbranched alkanes of at least 4 members (excludes halogenated alkanes) is 1. The summed E-state index contributed by atoms with van der Waals surface area (Å²) < 4.78 is 0. The zero-order valence-corrected chi connectivity index (χ0v) is 20.8. The second kappa shape index (κ2) is 13.7. The van der Waals surface area contributed by atoms with Gasteiger partial charge in [0.1, 0.15) is 0 Å². The van der Waals surface area contributed by atoms with E-state index in [0.717, 1.165) is 57.0 Å². The average molecular weight is 462 g/mol. The molecule has 0 atom stereocenters. The Morgan fingerprint density at radius 3 is 2.21 bits per heavy atom. The quantitative estimate of drug-likeness (QED) is 0.337. The van der Waals surface area contributed by atoms with Crippen molar-refractivity contribution in [3.63, 3.8) is 0 Å². The molecule has 1 heterocycles. The van der Waals surface area contributed by atoms with Crippen molar-refractivity contribution >= 4 is 22.8 Å². The summed E-state index contributed by atoms with van der Waals surface area (Å²) in [7, 11) is 0. The standard InChI is InChI=1S/C30H43N3O/c34-30(16-15-28-13-8-12-27-11-4-5-14-29(27)28)33-21-17-26(18-22-33)24-32-20-7-6-19-31-23-25-9-2-1-3-10-25/h4-5,8,11-16,25-26,31-32H,1-3,6-7,9-10,17-24H2/b16-15+. The normalized spacial score (nSPS) is 18.2. The Morgan fingerprint density at radius 1 is 0.824 bits per heavy atom. The van der Waals surface area contributed by atoms with Gasteiger partial charge in [-0.2, -0.15) is 0 Å². The van der Waals surface area contributed by atoms with Gasteiger partial charge < -0.3 is 15.5 Å². The van der Waals surface area contributed by atoms with Crippen LogP contribution in [0.1, 0.15) is 63.4 Å². The Labute approximate surface area is 206 Å². The minimum atomic E-state index is 0.139. The molecule has 34 heavy (non-hydrogen) atoms. The van der Waals surface area contributed by atoms with Gasteiger partial charge in [0, 0.05) is 19.2 Å². The van der Waals surface area contributed by atoms with Gasteiger partial charge >= 0.3 is 0 Å². The fraction of sp³-hybridized carbons (Fsp3) is 0.567. The number of carbonyl (C=O) groups is 1. The summed E-state index contributed by atoms with van der Waals surface area (Å²) in [6.07, 6.45) is 15.6. The molecule has 2 aliphatic rings. The molecule has 0 unspecified atom stereocenters. The maximum Gasteiger partial charge on any atom is 0.246 e. The molecule has 4 heteroatoms. The molecule has 1 aliphatic heterocycles. The van der Waals surface area contributed by atoms with Gasteiger partial charge in [-0.3, -0.25) is 4.79 Å². The van der Waals surface area contributed by atoms with Gasteiger partial charge in [0.05, 0.1) is 0 Å². The fourth-order valence-electron chi connectivity index (χ4n) is 5.52. The van der Waals surface area contributed by atoms with Gasteiger partial charge in [-0.25, -0.2) is 0 Å². The number of carbonyl (C=O) groups excluding carboxylic acids is 1. The van der Waals surface area contributed by atoms with E-state index >= 15 is 0 Å². The highest BCUT2D eigenvalue weighted by Gasteiger charge is 2.21. The van der Waals surface area contributed by atoms with E-state index in [4.69, 9.17) is 0 Å². The summed E-state index contributed by atoms with van der Waals surface area (Å²) in [5.41, 5.74) is 1.11. The summed E-state index contributed by atoms with van der Waals surface area (Å²) in [5.74, 6) is 1.76. The molecule has 4 rings (SSSR count). The van der Waals surface area contributed by atoms with E-state index in [1.807, 2.05) is 11.0 Å². The summed E-state index contributed by atoms with van der Waals surface area (Å²) >= 11 is 0. The topological polar surface area (TPSA) is 44.4 Å². The van der Waals surface area contributed by atoms with Crippen molar-refractivity contribution in [3.05, 3.63) is 54.1 Å². The van der Waals surface area contributed by atoms with Gasteiger partial charge in [-0.15, -0.1) is 0 Å². The van der Waals surface area contributed by atoms with E-state index in [1.54, 1.807) is 6.08 Å². The number of benzene rings is 2. The van der Waals surface area contributed by atoms with Crippen LogP contribution in [0.3, 0.4) is 0 Å². The number of nitrogens with one attached hydrogen (secondary N) is 2. The molecule has 1 saturated heterocycles. The van der Waals surface area contributed by atoms with Crippen LogP contribution in [-0.2, 0) is 4.79 Å².